The highest BCUT2D eigenvalue weighted by Crippen LogP contribution is 2.53. The molecule has 45 heavy (non-hydrogen) atoms. The number of hydrogen-bond donors (Lipinski definition) is 8. The normalized spacial score (nSPS) is 22.6. The zero-order valence-electron chi connectivity index (χ0n) is 23.9. The van der Waals surface area contributed by atoms with Gasteiger partial charge in [0.2, 0.25) is 12.6 Å². The van der Waals surface area contributed by atoms with E-state index in [0.717, 1.165) is 0 Å². The second-order valence-electron chi connectivity index (χ2n) is 10.6. The summed E-state index contributed by atoms with van der Waals surface area (Å²) in [6, 6.07) is 5.65. The van der Waals surface area contributed by atoms with E-state index in [1.807, 2.05) is 13.8 Å². The number of rotatable bonds is 4. The van der Waals surface area contributed by atoms with Gasteiger partial charge in [0.05, 0.1) is 5.56 Å². The number of phenolic OH excluding ortho intramolecular Hbond substituents is 1. The molecule has 1 aliphatic heterocycles. The number of nitrogen functional groups attached to an aromatic ring is 1. The molecule has 0 spiro atoms. The molecule has 4 aliphatic rings. The zero-order valence-corrected chi connectivity index (χ0v) is 23.9. The molecule has 6 rings (SSSR count). The minimum atomic E-state index is -2.66. The van der Waals surface area contributed by atoms with E-state index in [-0.39, 0.29) is 56.0 Å². The number of primary amides is 1. The number of urea groups is 1. The van der Waals surface area contributed by atoms with Gasteiger partial charge in [-0.05, 0) is 42.5 Å². The van der Waals surface area contributed by atoms with Crippen LogP contribution in [-0.4, -0.2) is 56.3 Å². The fourth-order valence-corrected chi connectivity index (χ4v) is 6.24. The second kappa shape index (κ2) is 12.0. The van der Waals surface area contributed by atoms with Crippen LogP contribution in [0.15, 0.2) is 41.2 Å². The Labute approximate surface area is 258 Å². The third-order valence-corrected chi connectivity index (χ3v) is 8.25. The van der Waals surface area contributed by atoms with Gasteiger partial charge in [0.1, 0.15) is 22.8 Å². The number of Topliss-reactive ketones (excluding diaryl/α,β-unsaturated/α-hetero) is 2. The van der Waals surface area contributed by atoms with E-state index in [0.29, 0.717) is 22.7 Å². The van der Waals surface area contributed by atoms with Crippen LogP contribution in [0, 0.1) is 11.8 Å². The number of amides is 3. The first-order valence-corrected chi connectivity index (χ1v) is 14.0. The maximum Gasteiger partial charge on any atom is 0.319 e. The summed E-state index contributed by atoms with van der Waals surface area (Å²) in [5.41, 5.74) is 8.58. The number of hydrogen-bond acceptors (Lipinski definition) is 11. The molecule has 1 saturated carbocycles. The predicted octanol–water partition coefficient (Wildman–Crippen LogP) is 2.72. The first-order chi connectivity index (χ1) is 20.9. The highest BCUT2D eigenvalue weighted by molar-refractivity contribution is 6.22. The number of phenols is 1. The summed E-state index contributed by atoms with van der Waals surface area (Å²) < 4.78 is 10.5. The Hall–Kier alpha value is -5.24. The maximum absolute atomic E-state index is 13.6. The Bertz CT molecular complexity index is 1680. The van der Waals surface area contributed by atoms with E-state index < -0.39 is 70.2 Å². The molecule has 10 N–H and O–H groups in total. The SMILES string of the molecule is C.CC.NC(=O)C1=C(O)[C@@]2(O)C(=O)C3=C(O)c4c(O)c(CNC(=O)Nc5ccc6c(c5)OCO6)cc(N)c4CC3C[C@H]2CC1=O. The summed E-state index contributed by atoms with van der Waals surface area (Å²) in [5, 5.41) is 49.6. The van der Waals surface area contributed by atoms with Crippen LogP contribution in [-0.2, 0) is 27.3 Å². The molecule has 2 aromatic rings. The molecule has 1 fully saturated rings. The monoisotopic (exact) mass is 624 g/mol. The van der Waals surface area contributed by atoms with Gasteiger partial charge in [-0.15, -0.1) is 0 Å². The average Bonchev–Trinajstić information content (AvgIpc) is 3.45. The molecule has 3 aliphatic carbocycles. The Balaban J connectivity index is 0.00000151. The lowest BCUT2D eigenvalue weighted by atomic mass is 9.59. The number of aromatic hydroxyl groups is 1. The molecule has 1 heterocycles. The fraction of sp³-hybridized carbons (Fsp3) is 0.355. The molecule has 3 atom stereocenters. The minimum absolute atomic E-state index is 0. The fourth-order valence-electron chi connectivity index (χ4n) is 6.24. The molecule has 2 aromatic carbocycles. The molecular formula is C31H36N4O10. The number of anilines is 2. The number of benzene rings is 2. The summed E-state index contributed by atoms with van der Waals surface area (Å²) in [7, 11) is 0. The third kappa shape index (κ3) is 5.16. The van der Waals surface area contributed by atoms with Gasteiger partial charge in [0.25, 0.3) is 5.91 Å². The predicted molar refractivity (Wildman–Crippen MR) is 162 cm³/mol. The molecule has 0 saturated heterocycles. The molecule has 3 amide bonds. The quantitative estimate of drug-likeness (QED) is 0.140. The Kier molecular flexibility index (Phi) is 8.74. The molecule has 0 bridgehead atoms. The Morgan fingerprint density at radius 1 is 1.07 bits per heavy atom. The van der Waals surface area contributed by atoms with Crippen LogP contribution in [0.25, 0.3) is 5.76 Å². The van der Waals surface area contributed by atoms with Gasteiger partial charge < -0.3 is 52.0 Å². The zero-order chi connectivity index (χ0) is 32.1. The van der Waals surface area contributed by atoms with Crippen molar-refractivity contribution < 1.29 is 49.1 Å². The number of carbonyl (C=O) groups is 4. The number of nitrogens with two attached hydrogens (primary N) is 2. The van der Waals surface area contributed by atoms with Crippen LogP contribution in [0.3, 0.4) is 0 Å². The van der Waals surface area contributed by atoms with Crippen LogP contribution < -0.4 is 31.6 Å². The van der Waals surface area contributed by atoms with Crippen LogP contribution in [0.1, 0.15) is 50.8 Å². The highest BCUT2D eigenvalue weighted by atomic mass is 16.7. The lowest BCUT2D eigenvalue weighted by Gasteiger charge is -2.46. The number of aliphatic hydroxyl groups is 3. The van der Waals surface area contributed by atoms with Crippen molar-refractivity contribution in [1.29, 1.82) is 0 Å². The van der Waals surface area contributed by atoms with Crippen molar-refractivity contribution in [3.05, 3.63) is 57.9 Å². The van der Waals surface area contributed by atoms with E-state index in [4.69, 9.17) is 20.9 Å². The van der Waals surface area contributed by atoms with Crippen LogP contribution in [0.2, 0.25) is 0 Å². The number of ketones is 2. The first kappa shape index (κ1) is 32.7. The molecule has 14 nitrogen and oxygen atoms in total. The largest absolute Gasteiger partial charge is 0.508 e. The van der Waals surface area contributed by atoms with Crippen molar-refractivity contribution in [2.75, 3.05) is 17.8 Å². The Morgan fingerprint density at radius 2 is 1.76 bits per heavy atom. The van der Waals surface area contributed by atoms with E-state index in [1.54, 1.807) is 18.2 Å². The van der Waals surface area contributed by atoms with Gasteiger partial charge in [-0.2, -0.15) is 0 Å². The first-order valence-electron chi connectivity index (χ1n) is 14.0. The van der Waals surface area contributed by atoms with Gasteiger partial charge in [0.15, 0.2) is 22.9 Å². The number of ether oxygens (including phenoxy) is 2. The summed E-state index contributed by atoms with van der Waals surface area (Å²) in [4.78, 5) is 50.4. The topological polar surface area (TPSA) is 244 Å². The lowest BCUT2D eigenvalue weighted by molar-refractivity contribution is -0.147. The maximum atomic E-state index is 13.6. The van der Waals surface area contributed by atoms with Gasteiger partial charge in [-0.25, -0.2) is 4.79 Å². The summed E-state index contributed by atoms with van der Waals surface area (Å²) >= 11 is 0. The summed E-state index contributed by atoms with van der Waals surface area (Å²) in [6.45, 7) is 3.85. The number of nitrogens with one attached hydrogen (secondary N) is 2. The van der Waals surface area contributed by atoms with Crippen molar-refractivity contribution in [2.24, 2.45) is 17.6 Å². The molecule has 240 valence electrons. The highest BCUT2D eigenvalue weighted by Gasteiger charge is 2.60. The number of aliphatic hydroxyl groups excluding tert-OH is 2. The number of carbonyl (C=O) groups excluding carboxylic acids is 4. The summed E-state index contributed by atoms with van der Waals surface area (Å²) in [6.07, 6.45) is -0.347. The van der Waals surface area contributed by atoms with E-state index in [9.17, 15) is 39.6 Å². The molecule has 1 unspecified atom stereocenters. The van der Waals surface area contributed by atoms with Crippen molar-refractivity contribution in [3.8, 4) is 17.2 Å². The van der Waals surface area contributed by atoms with Crippen LogP contribution in [0.5, 0.6) is 17.2 Å². The average molecular weight is 625 g/mol. The van der Waals surface area contributed by atoms with E-state index >= 15 is 0 Å². The molecular weight excluding hydrogens is 588 g/mol. The standard InChI is InChI=1S/C28H26N4O10.C2H6.CH4/c29-15-5-11(8-31-27(39)32-13-1-2-17-18(7-13)42-9-41-17)22(34)20-14(15)4-10-3-12-6-16(33)21(26(30)38)25(37)28(12,40)24(36)19(10)23(20)35;1-2;/h1-2,5,7,10,12,34-35,37,40H,3-4,6,8-9,29H2,(H2,30,38)(H2,31,32,39);1-2H3;1H4/t10?,12-,28-;;/m0../s1. The number of fused-ring (bicyclic) bond motifs is 4. The van der Waals surface area contributed by atoms with Crippen molar-refractivity contribution in [2.45, 2.75) is 52.7 Å². The van der Waals surface area contributed by atoms with Crippen molar-refractivity contribution in [1.82, 2.24) is 5.32 Å². The van der Waals surface area contributed by atoms with Crippen LogP contribution >= 0.6 is 0 Å². The Morgan fingerprint density at radius 3 is 2.44 bits per heavy atom. The van der Waals surface area contributed by atoms with Crippen molar-refractivity contribution in [3.63, 3.8) is 0 Å². The van der Waals surface area contributed by atoms with Gasteiger partial charge in [0, 0.05) is 47.5 Å². The lowest BCUT2D eigenvalue weighted by Crippen LogP contribution is -2.58. The van der Waals surface area contributed by atoms with Gasteiger partial charge in [-0.1, -0.05) is 21.3 Å². The second-order valence-corrected chi connectivity index (χ2v) is 10.6. The molecule has 0 aromatic heterocycles. The van der Waals surface area contributed by atoms with Crippen molar-refractivity contribution >= 4 is 40.6 Å². The van der Waals surface area contributed by atoms with Gasteiger partial charge in [-0.3, -0.25) is 14.4 Å². The summed E-state index contributed by atoms with van der Waals surface area (Å²) in [5.74, 6) is -6.25. The van der Waals surface area contributed by atoms with Crippen LogP contribution in [0.4, 0.5) is 16.2 Å². The molecule has 14 heteroatoms. The molecule has 0 radical (unpaired) electrons. The van der Waals surface area contributed by atoms with Gasteiger partial charge >= 0.3 is 6.03 Å². The minimum Gasteiger partial charge on any atom is -0.508 e. The smallest absolute Gasteiger partial charge is 0.319 e. The third-order valence-electron chi connectivity index (χ3n) is 8.25. The van der Waals surface area contributed by atoms with E-state index in [2.05, 4.69) is 10.6 Å². The van der Waals surface area contributed by atoms with E-state index in [1.165, 1.54) is 6.07 Å².